The zero-order valence-electron chi connectivity index (χ0n) is 15.7. The van der Waals surface area contributed by atoms with Crippen LogP contribution >= 0.6 is 22.9 Å². The Balaban J connectivity index is 1.72. The number of halogens is 1. The lowest BCUT2D eigenvalue weighted by Gasteiger charge is -2.41. The molecule has 1 fully saturated rings. The van der Waals surface area contributed by atoms with Gasteiger partial charge in [0.25, 0.3) is 0 Å². The molecular weight excluding hydrogens is 380 g/mol. The van der Waals surface area contributed by atoms with Gasteiger partial charge in [0, 0.05) is 42.2 Å². The summed E-state index contributed by atoms with van der Waals surface area (Å²) in [4.78, 5) is 11.1. The zero-order valence-corrected chi connectivity index (χ0v) is 17.3. The second kappa shape index (κ2) is 7.80. The Hall–Kier alpha value is -1.60. The molecule has 0 radical (unpaired) electrons. The minimum atomic E-state index is 0.247. The van der Waals surface area contributed by atoms with E-state index in [1.54, 1.807) is 11.3 Å². The van der Waals surface area contributed by atoms with E-state index in [9.17, 15) is 5.11 Å². The molecule has 1 aromatic carbocycles. The van der Waals surface area contributed by atoms with Crippen molar-refractivity contribution in [3.8, 4) is 0 Å². The van der Waals surface area contributed by atoms with Crippen LogP contribution in [0.25, 0.3) is 0 Å². The Labute approximate surface area is 169 Å². The van der Waals surface area contributed by atoms with E-state index in [0.717, 1.165) is 60.3 Å². The molecule has 0 bridgehead atoms. The van der Waals surface area contributed by atoms with Crippen LogP contribution in [0, 0.1) is 6.92 Å². The molecule has 0 amide bonds. The van der Waals surface area contributed by atoms with Crippen LogP contribution in [0.3, 0.4) is 0 Å². The lowest BCUT2D eigenvalue weighted by Crippen LogP contribution is -2.53. The summed E-state index contributed by atoms with van der Waals surface area (Å²) in [6.07, 6.45) is 1.83. The van der Waals surface area contributed by atoms with Gasteiger partial charge in [-0.2, -0.15) is 0 Å². The quantitative estimate of drug-likeness (QED) is 0.803. The van der Waals surface area contributed by atoms with Crippen LogP contribution < -0.4 is 5.32 Å². The average molecular weight is 405 g/mol. The Morgan fingerprint density at radius 2 is 2.19 bits per heavy atom. The first-order chi connectivity index (χ1) is 13.0. The highest BCUT2D eigenvalue weighted by molar-refractivity contribution is 7.16. The van der Waals surface area contributed by atoms with Crippen molar-refractivity contribution in [1.82, 2.24) is 9.80 Å². The van der Waals surface area contributed by atoms with E-state index < -0.39 is 0 Å². The molecule has 0 spiro atoms. The van der Waals surface area contributed by atoms with Gasteiger partial charge in [-0.05, 0) is 51.1 Å². The number of benzene rings is 1. The van der Waals surface area contributed by atoms with Gasteiger partial charge in [0.05, 0.1) is 16.9 Å². The summed E-state index contributed by atoms with van der Waals surface area (Å²) < 4.78 is 0. The number of rotatable bonds is 3. The molecule has 2 N–H and O–H groups in total. The Bertz CT molecular complexity index is 866. The number of hydrogen-bond acceptors (Lipinski definition) is 6. The van der Waals surface area contributed by atoms with Crippen LogP contribution in [-0.4, -0.2) is 60.1 Å². The molecule has 2 aliphatic rings. The van der Waals surface area contributed by atoms with Crippen molar-refractivity contribution in [2.75, 3.05) is 38.6 Å². The van der Waals surface area contributed by atoms with Gasteiger partial charge in [0.1, 0.15) is 10.8 Å². The number of anilines is 2. The number of hydrogen-bond donors (Lipinski definition) is 2. The first-order valence-electron chi connectivity index (χ1n) is 9.37. The number of piperazine rings is 1. The fraction of sp³-hybridized carbons (Fsp3) is 0.450. The van der Waals surface area contributed by atoms with Crippen molar-refractivity contribution < 1.29 is 5.11 Å². The lowest BCUT2D eigenvalue weighted by molar-refractivity contribution is 0.126. The van der Waals surface area contributed by atoms with E-state index in [-0.39, 0.29) is 6.61 Å². The number of aryl methyl sites for hydroxylation is 1. The molecule has 2 aliphatic heterocycles. The van der Waals surface area contributed by atoms with Gasteiger partial charge in [-0.25, -0.2) is 4.99 Å². The van der Waals surface area contributed by atoms with Gasteiger partial charge in [-0.1, -0.05) is 11.6 Å². The SMILES string of the molecule is Cc1cc2c(s1)Nc1cc(Cl)ccc1N=C2N1CCN(C)[C@@H](CCCO)C1. The molecule has 4 rings (SSSR count). The van der Waals surface area contributed by atoms with Crippen molar-refractivity contribution in [2.45, 2.75) is 25.8 Å². The molecular formula is C20H25ClN4OS. The summed E-state index contributed by atoms with van der Waals surface area (Å²) in [5.74, 6) is 1.03. The van der Waals surface area contributed by atoms with Crippen LogP contribution in [0.4, 0.5) is 16.4 Å². The summed E-state index contributed by atoms with van der Waals surface area (Å²) in [5.41, 5.74) is 3.03. The van der Waals surface area contributed by atoms with Crippen LogP contribution in [-0.2, 0) is 0 Å². The van der Waals surface area contributed by atoms with E-state index in [0.29, 0.717) is 11.1 Å². The molecule has 7 heteroatoms. The second-order valence-corrected chi connectivity index (χ2v) is 8.96. The summed E-state index contributed by atoms with van der Waals surface area (Å²) in [7, 11) is 2.17. The fourth-order valence-electron chi connectivity index (χ4n) is 3.79. The summed E-state index contributed by atoms with van der Waals surface area (Å²) in [5, 5.41) is 14.6. The summed E-state index contributed by atoms with van der Waals surface area (Å²) in [6.45, 7) is 5.24. The van der Waals surface area contributed by atoms with E-state index in [1.165, 1.54) is 4.88 Å². The minimum Gasteiger partial charge on any atom is -0.396 e. The number of thiophene rings is 1. The topological polar surface area (TPSA) is 51.1 Å². The predicted octanol–water partition coefficient (Wildman–Crippen LogP) is 4.23. The maximum atomic E-state index is 9.23. The van der Waals surface area contributed by atoms with Crippen LogP contribution in [0.1, 0.15) is 23.3 Å². The van der Waals surface area contributed by atoms with Crippen molar-refractivity contribution in [1.29, 1.82) is 0 Å². The van der Waals surface area contributed by atoms with Crippen LogP contribution in [0.15, 0.2) is 29.3 Å². The van der Waals surface area contributed by atoms with Crippen molar-refractivity contribution in [3.05, 3.63) is 39.7 Å². The molecule has 1 atom stereocenters. The maximum absolute atomic E-state index is 9.23. The third-order valence-electron chi connectivity index (χ3n) is 5.30. The number of nitrogens with zero attached hydrogens (tertiary/aromatic N) is 3. The number of aliphatic hydroxyl groups excluding tert-OH is 1. The van der Waals surface area contributed by atoms with Gasteiger partial charge in [0.2, 0.25) is 0 Å². The third kappa shape index (κ3) is 3.85. The molecule has 5 nitrogen and oxygen atoms in total. The Morgan fingerprint density at radius 3 is 3.00 bits per heavy atom. The van der Waals surface area contributed by atoms with E-state index in [2.05, 4.69) is 35.2 Å². The van der Waals surface area contributed by atoms with Crippen LogP contribution in [0.2, 0.25) is 5.02 Å². The predicted molar refractivity (Wildman–Crippen MR) is 114 cm³/mol. The van der Waals surface area contributed by atoms with Crippen LogP contribution in [0.5, 0.6) is 0 Å². The van der Waals surface area contributed by atoms with Gasteiger partial charge in [0.15, 0.2) is 0 Å². The van der Waals surface area contributed by atoms with Gasteiger partial charge < -0.3 is 15.3 Å². The highest BCUT2D eigenvalue weighted by Crippen LogP contribution is 2.40. The summed E-state index contributed by atoms with van der Waals surface area (Å²) in [6, 6.07) is 8.46. The van der Waals surface area contributed by atoms with Crippen molar-refractivity contribution in [3.63, 3.8) is 0 Å². The fourth-order valence-corrected chi connectivity index (χ4v) is 4.89. The highest BCUT2D eigenvalue weighted by atomic mass is 35.5. The first-order valence-corrected chi connectivity index (χ1v) is 10.6. The van der Waals surface area contributed by atoms with Crippen molar-refractivity contribution >= 4 is 45.1 Å². The summed E-state index contributed by atoms with van der Waals surface area (Å²) >= 11 is 7.96. The number of amidine groups is 1. The van der Waals surface area contributed by atoms with E-state index in [4.69, 9.17) is 16.6 Å². The lowest BCUT2D eigenvalue weighted by atomic mass is 10.1. The monoisotopic (exact) mass is 404 g/mol. The third-order valence-corrected chi connectivity index (χ3v) is 6.50. The molecule has 1 aromatic heterocycles. The number of nitrogens with one attached hydrogen (secondary N) is 1. The maximum Gasteiger partial charge on any atom is 0.139 e. The molecule has 0 aliphatic carbocycles. The number of fused-ring (bicyclic) bond motifs is 2. The normalized spacial score (nSPS) is 19.8. The smallest absolute Gasteiger partial charge is 0.139 e. The molecule has 1 saturated heterocycles. The van der Waals surface area contributed by atoms with Gasteiger partial charge in [-0.15, -0.1) is 11.3 Å². The molecule has 3 heterocycles. The standard InChI is InChI=1S/C20H25ClN4OS/c1-13-10-16-19(25-8-7-24(2)15(12-25)4-3-9-26)22-17-6-5-14(21)11-18(17)23-20(16)27-13/h5-6,10-11,15,23,26H,3-4,7-9,12H2,1-2H3/t15-/m0/s1. The van der Waals surface area contributed by atoms with E-state index >= 15 is 0 Å². The van der Waals surface area contributed by atoms with E-state index in [1.807, 2.05) is 18.2 Å². The van der Waals surface area contributed by atoms with Crippen molar-refractivity contribution in [2.24, 2.45) is 4.99 Å². The highest BCUT2D eigenvalue weighted by Gasteiger charge is 2.29. The second-order valence-electron chi connectivity index (χ2n) is 7.27. The Kier molecular flexibility index (Phi) is 5.41. The minimum absolute atomic E-state index is 0.247. The molecule has 27 heavy (non-hydrogen) atoms. The van der Waals surface area contributed by atoms with Gasteiger partial charge in [-0.3, -0.25) is 4.90 Å². The number of likely N-dealkylation sites (N-methyl/N-ethyl adjacent to an activating group) is 1. The molecule has 0 saturated carbocycles. The first kappa shape index (κ1) is 18.7. The molecule has 144 valence electrons. The Morgan fingerprint density at radius 1 is 1.33 bits per heavy atom. The number of aliphatic imine (C=N–C) groups is 1. The average Bonchev–Trinajstić information content (AvgIpc) is 2.93. The molecule has 0 unspecified atom stereocenters. The molecule has 2 aromatic rings. The largest absolute Gasteiger partial charge is 0.396 e. The zero-order chi connectivity index (χ0) is 19.0. The number of aliphatic hydroxyl groups is 1. The van der Waals surface area contributed by atoms with Gasteiger partial charge >= 0.3 is 0 Å².